The van der Waals surface area contributed by atoms with E-state index >= 15 is 0 Å². The van der Waals surface area contributed by atoms with Crippen molar-refractivity contribution in [3.63, 3.8) is 0 Å². The summed E-state index contributed by atoms with van der Waals surface area (Å²) < 4.78 is 24.3. The number of morpholine rings is 1. The zero-order valence-corrected chi connectivity index (χ0v) is 15.1. The van der Waals surface area contributed by atoms with Crippen LogP contribution in [0, 0.1) is 11.7 Å². The average Bonchev–Trinajstić information content (AvgIpc) is 3.01. The third kappa shape index (κ3) is 4.06. The molecule has 0 spiro atoms. The summed E-state index contributed by atoms with van der Waals surface area (Å²) in [6, 6.07) is 6.04. The Kier molecular flexibility index (Phi) is 5.27. The highest BCUT2D eigenvalue weighted by Crippen LogP contribution is 2.24. The molecule has 3 aliphatic rings. The molecule has 1 N–H and O–H groups in total. The molecule has 8 heteroatoms. The normalized spacial score (nSPS) is 26.2. The van der Waals surface area contributed by atoms with Gasteiger partial charge in [0.25, 0.3) is 0 Å². The van der Waals surface area contributed by atoms with Crippen LogP contribution in [0.25, 0.3) is 0 Å². The van der Waals surface area contributed by atoms with Gasteiger partial charge in [-0.05, 0) is 24.3 Å². The second kappa shape index (κ2) is 7.82. The first-order valence-electron chi connectivity index (χ1n) is 9.39. The van der Waals surface area contributed by atoms with Crippen molar-refractivity contribution in [2.75, 3.05) is 45.9 Å². The van der Waals surface area contributed by atoms with Crippen LogP contribution in [0.15, 0.2) is 24.3 Å². The van der Waals surface area contributed by atoms with Crippen molar-refractivity contribution in [2.24, 2.45) is 5.92 Å². The van der Waals surface area contributed by atoms with E-state index in [1.807, 2.05) is 4.90 Å². The Morgan fingerprint density at radius 3 is 2.74 bits per heavy atom. The van der Waals surface area contributed by atoms with Gasteiger partial charge in [-0.3, -0.25) is 9.59 Å². The summed E-state index contributed by atoms with van der Waals surface area (Å²) >= 11 is 0. The molecule has 2 unspecified atom stereocenters. The maximum atomic E-state index is 12.9. The maximum absolute atomic E-state index is 12.9. The summed E-state index contributed by atoms with van der Waals surface area (Å²) in [6.45, 7) is 3.84. The first-order chi connectivity index (χ1) is 13.1. The van der Waals surface area contributed by atoms with E-state index in [9.17, 15) is 14.0 Å². The highest BCUT2D eigenvalue weighted by atomic mass is 19.1. The molecular weight excluding hydrogens is 353 g/mol. The molecule has 0 aromatic heterocycles. The number of halogens is 1. The van der Waals surface area contributed by atoms with Gasteiger partial charge in [0.2, 0.25) is 11.8 Å². The van der Waals surface area contributed by atoms with Gasteiger partial charge in [-0.1, -0.05) is 0 Å². The van der Waals surface area contributed by atoms with Crippen LogP contribution in [0.4, 0.5) is 4.39 Å². The number of benzene rings is 1. The Bertz CT molecular complexity index is 695. The van der Waals surface area contributed by atoms with Crippen LogP contribution in [0.3, 0.4) is 0 Å². The van der Waals surface area contributed by atoms with Gasteiger partial charge in [0, 0.05) is 32.6 Å². The Morgan fingerprint density at radius 2 is 2.04 bits per heavy atom. The standard InChI is InChI=1S/C19H24FN3O4/c20-14-1-3-16(4-2-14)27-12-17-11-22(5-6-26-17)19(25)13-7-18(24)23(10-13)15-8-21-9-15/h1-4,13,15,17,21H,5-12H2. The summed E-state index contributed by atoms with van der Waals surface area (Å²) in [6.07, 6.45) is 0.0560. The van der Waals surface area contributed by atoms with Gasteiger partial charge >= 0.3 is 0 Å². The van der Waals surface area contributed by atoms with Crippen LogP contribution in [-0.2, 0) is 14.3 Å². The molecule has 0 saturated carbocycles. The SMILES string of the molecule is O=C(C1CC(=O)N(C2CNC2)C1)N1CCOC(COc2ccc(F)cc2)C1. The Balaban J connectivity index is 1.29. The molecule has 2 amide bonds. The van der Waals surface area contributed by atoms with Crippen molar-refractivity contribution in [1.82, 2.24) is 15.1 Å². The first kappa shape index (κ1) is 18.2. The molecule has 4 rings (SSSR count). The quantitative estimate of drug-likeness (QED) is 0.797. The molecule has 3 fully saturated rings. The van der Waals surface area contributed by atoms with Gasteiger partial charge in [-0.25, -0.2) is 4.39 Å². The van der Waals surface area contributed by atoms with Crippen LogP contribution < -0.4 is 10.1 Å². The number of amides is 2. The predicted molar refractivity (Wildman–Crippen MR) is 94.7 cm³/mol. The highest BCUT2D eigenvalue weighted by molar-refractivity contribution is 5.89. The van der Waals surface area contributed by atoms with Gasteiger partial charge in [0.15, 0.2) is 0 Å². The lowest BCUT2D eigenvalue weighted by Crippen LogP contribution is -2.57. The van der Waals surface area contributed by atoms with Crippen molar-refractivity contribution in [3.8, 4) is 5.75 Å². The second-order valence-electron chi connectivity index (χ2n) is 7.30. The van der Waals surface area contributed by atoms with Crippen molar-refractivity contribution in [2.45, 2.75) is 18.6 Å². The monoisotopic (exact) mass is 377 g/mol. The first-order valence-corrected chi connectivity index (χ1v) is 9.39. The molecule has 1 aromatic carbocycles. The average molecular weight is 377 g/mol. The van der Waals surface area contributed by atoms with Crippen LogP contribution in [0.5, 0.6) is 5.75 Å². The summed E-state index contributed by atoms with van der Waals surface area (Å²) in [5.74, 6) is 0.0767. The fourth-order valence-electron chi connectivity index (χ4n) is 3.74. The van der Waals surface area contributed by atoms with Gasteiger partial charge < -0.3 is 24.6 Å². The van der Waals surface area contributed by atoms with Gasteiger partial charge in [0.05, 0.1) is 25.1 Å². The Morgan fingerprint density at radius 1 is 1.26 bits per heavy atom. The lowest BCUT2D eigenvalue weighted by molar-refractivity contribution is -0.144. The fraction of sp³-hybridized carbons (Fsp3) is 0.579. The molecule has 3 saturated heterocycles. The van der Waals surface area contributed by atoms with Gasteiger partial charge in [-0.2, -0.15) is 0 Å². The van der Waals surface area contributed by atoms with E-state index in [0.717, 1.165) is 13.1 Å². The van der Waals surface area contributed by atoms with E-state index in [0.29, 0.717) is 45.0 Å². The molecule has 0 aliphatic carbocycles. The summed E-state index contributed by atoms with van der Waals surface area (Å²) in [5.41, 5.74) is 0. The van der Waals surface area contributed by atoms with E-state index in [1.54, 1.807) is 17.0 Å². The lowest BCUT2D eigenvalue weighted by Gasteiger charge is -2.36. The van der Waals surface area contributed by atoms with Crippen LogP contribution in [-0.4, -0.2) is 79.7 Å². The molecule has 27 heavy (non-hydrogen) atoms. The van der Waals surface area contributed by atoms with E-state index in [1.165, 1.54) is 12.1 Å². The van der Waals surface area contributed by atoms with E-state index in [-0.39, 0.29) is 35.7 Å². The highest BCUT2D eigenvalue weighted by Gasteiger charge is 2.41. The number of hydrogen-bond acceptors (Lipinski definition) is 5. The molecule has 0 radical (unpaired) electrons. The molecular formula is C19H24FN3O4. The minimum atomic E-state index is -0.314. The number of carbonyl (C=O) groups excluding carboxylic acids is 2. The number of likely N-dealkylation sites (tertiary alicyclic amines) is 1. The molecule has 0 bridgehead atoms. The topological polar surface area (TPSA) is 71.1 Å². The number of rotatable bonds is 5. The Hall–Kier alpha value is -2.19. The van der Waals surface area contributed by atoms with Crippen LogP contribution in [0.2, 0.25) is 0 Å². The number of hydrogen-bond donors (Lipinski definition) is 1. The van der Waals surface area contributed by atoms with Crippen molar-refractivity contribution in [1.29, 1.82) is 0 Å². The van der Waals surface area contributed by atoms with Crippen molar-refractivity contribution in [3.05, 3.63) is 30.1 Å². The lowest BCUT2D eigenvalue weighted by atomic mass is 10.1. The van der Waals surface area contributed by atoms with Crippen molar-refractivity contribution >= 4 is 11.8 Å². The number of nitrogens with one attached hydrogen (secondary N) is 1. The zero-order chi connectivity index (χ0) is 18.8. The summed E-state index contributed by atoms with van der Waals surface area (Å²) in [5, 5.41) is 3.16. The van der Waals surface area contributed by atoms with E-state index in [4.69, 9.17) is 9.47 Å². The smallest absolute Gasteiger partial charge is 0.228 e. The minimum absolute atomic E-state index is 0.0215. The molecule has 146 valence electrons. The maximum Gasteiger partial charge on any atom is 0.228 e. The second-order valence-corrected chi connectivity index (χ2v) is 7.30. The zero-order valence-electron chi connectivity index (χ0n) is 15.1. The molecule has 3 aliphatic heterocycles. The number of ether oxygens (including phenoxy) is 2. The minimum Gasteiger partial charge on any atom is -0.491 e. The molecule has 3 heterocycles. The Labute approximate surface area is 157 Å². The largest absolute Gasteiger partial charge is 0.491 e. The van der Waals surface area contributed by atoms with E-state index < -0.39 is 0 Å². The van der Waals surface area contributed by atoms with Crippen LogP contribution in [0.1, 0.15) is 6.42 Å². The van der Waals surface area contributed by atoms with Gasteiger partial charge in [-0.15, -0.1) is 0 Å². The molecule has 7 nitrogen and oxygen atoms in total. The number of carbonyl (C=O) groups is 2. The third-order valence-corrected chi connectivity index (χ3v) is 5.41. The number of nitrogens with zero attached hydrogens (tertiary/aromatic N) is 2. The molecule has 1 aromatic rings. The van der Waals surface area contributed by atoms with E-state index in [2.05, 4.69) is 5.32 Å². The predicted octanol–water partition coefficient (Wildman–Crippen LogP) is 0.252. The van der Waals surface area contributed by atoms with Crippen molar-refractivity contribution < 1.29 is 23.5 Å². The fourth-order valence-corrected chi connectivity index (χ4v) is 3.74. The summed E-state index contributed by atoms with van der Waals surface area (Å²) in [4.78, 5) is 28.7. The third-order valence-electron chi connectivity index (χ3n) is 5.41. The molecule has 2 atom stereocenters. The summed E-state index contributed by atoms with van der Waals surface area (Å²) in [7, 11) is 0. The van der Waals surface area contributed by atoms with Crippen LogP contribution >= 0.6 is 0 Å². The van der Waals surface area contributed by atoms with Gasteiger partial charge in [0.1, 0.15) is 24.3 Å².